The molecule has 0 aliphatic carbocycles. The van der Waals surface area contributed by atoms with E-state index in [0.29, 0.717) is 22.8 Å². The Kier molecular flexibility index (Phi) is 7.67. The van der Waals surface area contributed by atoms with Crippen molar-refractivity contribution < 1.29 is 19.0 Å². The second-order valence-corrected chi connectivity index (χ2v) is 10.9. The number of methoxy groups -OCH3 is 2. The van der Waals surface area contributed by atoms with Gasteiger partial charge in [0, 0.05) is 35.5 Å². The van der Waals surface area contributed by atoms with Crippen molar-refractivity contribution in [1.29, 1.82) is 0 Å². The maximum absolute atomic E-state index is 13.7. The monoisotopic (exact) mass is 569 g/mol. The first-order valence-corrected chi connectivity index (χ1v) is 14.4. The molecule has 0 bridgehead atoms. The number of hydrogen-bond donors (Lipinski definition) is 0. The van der Waals surface area contributed by atoms with Crippen LogP contribution < -0.4 is 9.47 Å². The minimum Gasteiger partial charge on any atom is -0.493 e. The lowest BCUT2D eigenvalue weighted by Crippen LogP contribution is -2.29. The number of pyridine rings is 1. The van der Waals surface area contributed by atoms with Crippen LogP contribution in [0.15, 0.2) is 61.2 Å². The Morgan fingerprint density at radius 1 is 1.05 bits per heavy atom. The van der Waals surface area contributed by atoms with Gasteiger partial charge < -0.3 is 14.2 Å². The van der Waals surface area contributed by atoms with E-state index in [9.17, 15) is 4.79 Å². The Bertz CT molecular complexity index is 1680. The van der Waals surface area contributed by atoms with E-state index < -0.39 is 5.97 Å². The molecule has 0 radical (unpaired) electrons. The van der Waals surface area contributed by atoms with Crippen molar-refractivity contribution in [2.45, 2.75) is 33.0 Å². The van der Waals surface area contributed by atoms with Crippen molar-refractivity contribution in [3.63, 3.8) is 0 Å². The van der Waals surface area contributed by atoms with Gasteiger partial charge in [-0.1, -0.05) is 36.4 Å². The summed E-state index contributed by atoms with van der Waals surface area (Å²) in [6.07, 6.45) is 3.95. The van der Waals surface area contributed by atoms with Crippen LogP contribution in [0.1, 0.15) is 39.0 Å². The van der Waals surface area contributed by atoms with Crippen molar-refractivity contribution in [3.05, 3.63) is 88.4 Å². The van der Waals surface area contributed by atoms with E-state index in [1.807, 2.05) is 31.2 Å². The van der Waals surface area contributed by atoms with Crippen LogP contribution >= 0.6 is 11.3 Å². The standard InChI is InChI=1S/C31H31N5O4S/c1-4-40-31(37)29-23(16-36-19-32-18-33-36)34-30-28(27(29)21-10-11-24(38-2)25(14-21)39-3)22-12-13-35(17-26(22)41-30)15-20-8-6-5-7-9-20/h5-11,14,18-19H,4,12-13,15-17H2,1-3H3. The van der Waals surface area contributed by atoms with Gasteiger partial charge in [0.05, 0.1) is 38.6 Å². The summed E-state index contributed by atoms with van der Waals surface area (Å²) in [6, 6.07) is 16.3. The zero-order valence-electron chi connectivity index (χ0n) is 23.3. The van der Waals surface area contributed by atoms with Gasteiger partial charge in [-0.15, -0.1) is 11.3 Å². The van der Waals surface area contributed by atoms with Crippen molar-refractivity contribution in [2.24, 2.45) is 0 Å². The second kappa shape index (κ2) is 11.7. The molecule has 2 aromatic carbocycles. The van der Waals surface area contributed by atoms with Crippen LogP contribution in [-0.4, -0.2) is 58.0 Å². The van der Waals surface area contributed by atoms with E-state index in [2.05, 4.69) is 39.2 Å². The Morgan fingerprint density at radius 3 is 2.61 bits per heavy atom. The smallest absolute Gasteiger partial charge is 0.340 e. The van der Waals surface area contributed by atoms with E-state index in [1.165, 1.54) is 22.3 Å². The molecule has 1 aliphatic rings. The van der Waals surface area contributed by atoms with E-state index >= 15 is 0 Å². The van der Waals surface area contributed by atoms with Gasteiger partial charge in [0.2, 0.25) is 0 Å². The zero-order chi connectivity index (χ0) is 28.3. The quantitative estimate of drug-likeness (QED) is 0.219. The fourth-order valence-corrected chi connectivity index (χ4v) is 6.78. The number of ether oxygens (including phenoxy) is 3. The predicted octanol–water partition coefficient (Wildman–Crippen LogP) is 5.36. The highest BCUT2D eigenvalue weighted by Gasteiger charge is 2.30. The third kappa shape index (κ3) is 5.28. The average molecular weight is 570 g/mol. The van der Waals surface area contributed by atoms with Crippen molar-refractivity contribution in [2.75, 3.05) is 27.4 Å². The Morgan fingerprint density at radius 2 is 1.88 bits per heavy atom. The number of hydrogen-bond acceptors (Lipinski definition) is 9. The minimum atomic E-state index is -0.414. The first kappa shape index (κ1) is 26.9. The van der Waals surface area contributed by atoms with E-state index in [1.54, 1.807) is 36.6 Å². The number of rotatable bonds is 9. The van der Waals surface area contributed by atoms with Crippen molar-refractivity contribution >= 4 is 27.5 Å². The molecule has 41 heavy (non-hydrogen) atoms. The largest absolute Gasteiger partial charge is 0.493 e. The molecule has 0 fully saturated rings. The summed E-state index contributed by atoms with van der Waals surface area (Å²) in [5, 5.41) is 5.28. The average Bonchev–Trinajstić information content (AvgIpc) is 3.64. The van der Waals surface area contributed by atoms with E-state index in [0.717, 1.165) is 47.4 Å². The molecule has 6 rings (SSSR count). The first-order valence-electron chi connectivity index (χ1n) is 13.5. The van der Waals surface area contributed by atoms with Crippen molar-refractivity contribution in [1.82, 2.24) is 24.6 Å². The lowest BCUT2D eigenvalue weighted by Gasteiger charge is -2.27. The molecule has 210 valence electrons. The second-order valence-electron chi connectivity index (χ2n) is 9.82. The molecule has 3 aromatic heterocycles. The molecule has 9 nitrogen and oxygen atoms in total. The maximum atomic E-state index is 13.7. The van der Waals surface area contributed by atoms with Crippen LogP contribution in [-0.2, 0) is 30.8 Å². The van der Waals surface area contributed by atoms with E-state index in [-0.39, 0.29) is 13.2 Å². The Labute approximate surface area is 242 Å². The summed E-state index contributed by atoms with van der Waals surface area (Å²) in [7, 11) is 3.22. The van der Waals surface area contributed by atoms with Crippen LogP contribution in [0.3, 0.4) is 0 Å². The Balaban J connectivity index is 1.55. The number of carbonyl (C=O) groups excluding carboxylic acids is 1. The number of carbonyl (C=O) groups is 1. The predicted molar refractivity (Wildman–Crippen MR) is 158 cm³/mol. The highest BCUT2D eigenvalue weighted by molar-refractivity contribution is 7.19. The van der Waals surface area contributed by atoms with E-state index in [4.69, 9.17) is 19.2 Å². The summed E-state index contributed by atoms with van der Waals surface area (Å²) in [6.45, 7) is 4.97. The number of esters is 1. The fraction of sp³-hybridized carbons (Fsp3) is 0.290. The molecular weight excluding hydrogens is 538 g/mol. The molecule has 1 aliphatic heterocycles. The number of aromatic nitrogens is 4. The molecule has 0 unspecified atom stereocenters. The summed E-state index contributed by atoms with van der Waals surface area (Å²) in [5.74, 6) is 0.787. The normalized spacial score (nSPS) is 13.2. The summed E-state index contributed by atoms with van der Waals surface area (Å²) >= 11 is 1.69. The van der Waals surface area contributed by atoms with Crippen molar-refractivity contribution in [3.8, 4) is 22.6 Å². The molecule has 0 saturated heterocycles. The summed E-state index contributed by atoms with van der Waals surface area (Å²) in [5.41, 5.74) is 5.20. The third-order valence-electron chi connectivity index (χ3n) is 7.32. The summed E-state index contributed by atoms with van der Waals surface area (Å²) < 4.78 is 18.5. The van der Waals surface area contributed by atoms with Crippen LogP contribution in [0.2, 0.25) is 0 Å². The van der Waals surface area contributed by atoms with Gasteiger partial charge in [0.25, 0.3) is 0 Å². The van der Waals surface area contributed by atoms with Crippen LogP contribution in [0, 0.1) is 0 Å². The van der Waals surface area contributed by atoms with Crippen LogP contribution in [0.4, 0.5) is 0 Å². The lowest BCUT2D eigenvalue weighted by atomic mass is 9.91. The van der Waals surface area contributed by atoms with Crippen LogP contribution in [0.5, 0.6) is 11.5 Å². The molecule has 0 atom stereocenters. The van der Waals surface area contributed by atoms with Gasteiger partial charge in [-0.25, -0.2) is 19.4 Å². The van der Waals surface area contributed by atoms with Gasteiger partial charge in [-0.3, -0.25) is 4.90 Å². The van der Waals surface area contributed by atoms with Gasteiger partial charge in [0.15, 0.2) is 11.5 Å². The number of nitrogens with zero attached hydrogens (tertiary/aromatic N) is 5. The molecular formula is C31H31N5O4S. The molecule has 0 spiro atoms. The number of benzene rings is 2. The highest BCUT2D eigenvalue weighted by Crippen LogP contribution is 2.44. The molecule has 4 heterocycles. The number of fused-ring (bicyclic) bond motifs is 3. The molecule has 0 amide bonds. The molecule has 0 N–H and O–H groups in total. The van der Waals surface area contributed by atoms with Gasteiger partial charge in [0.1, 0.15) is 17.5 Å². The maximum Gasteiger partial charge on any atom is 0.340 e. The van der Waals surface area contributed by atoms with Crippen LogP contribution in [0.25, 0.3) is 21.3 Å². The summed E-state index contributed by atoms with van der Waals surface area (Å²) in [4.78, 5) is 27.5. The SMILES string of the molecule is CCOC(=O)c1c(Cn2cncn2)nc2sc3c(c2c1-c1ccc(OC)c(OC)c1)CCN(Cc1ccccc1)C3. The van der Waals surface area contributed by atoms with Gasteiger partial charge >= 0.3 is 5.97 Å². The lowest BCUT2D eigenvalue weighted by molar-refractivity contribution is 0.0525. The molecule has 0 saturated carbocycles. The minimum absolute atomic E-state index is 0.251. The third-order valence-corrected chi connectivity index (χ3v) is 8.43. The van der Waals surface area contributed by atoms with Gasteiger partial charge in [-0.2, -0.15) is 5.10 Å². The molecule has 10 heteroatoms. The first-order chi connectivity index (χ1) is 20.1. The Hall–Kier alpha value is -4.28. The topological polar surface area (TPSA) is 91.6 Å². The molecule has 5 aromatic rings. The zero-order valence-corrected chi connectivity index (χ0v) is 24.1. The number of thiophene rings is 1. The fourth-order valence-electron chi connectivity index (χ4n) is 5.49. The van der Waals surface area contributed by atoms with Gasteiger partial charge in [-0.05, 0) is 42.2 Å². The highest BCUT2D eigenvalue weighted by atomic mass is 32.1.